The van der Waals surface area contributed by atoms with Crippen molar-refractivity contribution >= 4 is 93.5 Å². The molecule has 0 radical (unpaired) electrons. The predicted octanol–water partition coefficient (Wildman–Crippen LogP) is 16.5. The largest absolute Gasteiger partial charge is 0.456 e. The Balaban J connectivity index is 1.09. The van der Waals surface area contributed by atoms with Crippen molar-refractivity contribution < 1.29 is 8.83 Å². The summed E-state index contributed by atoms with van der Waals surface area (Å²) < 4.78 is 15.7. The van der Waals surface area contributed by atoms with Gasteiger partial charge in [0.2, 0.25) is 0 Å². The maximum absolute atomic E-state index is 6.95. The van der Waals surface area contributed by atoms with Gasteiger partial charge in [0.05, 0.1) is 27.8 Å². The van der Waals surface area contributed by atoms with E-state index in [0.717, 1.165) is 88.8 Å². The first-order valence-corrected chi connectivity index (χ1v) is 21.1. The molecule has 0 N–H and O–H groups in total. The zero-order chi connectivity index (χ0) is 40.7. The highest BCUT2D eigenvalue weighted by molar-refractivity contribution is 6.21. The van der Waals surface area contributed by atoms with Crippen LogP contribution < -0.4 is 4.90 Å². The number of para-hydroxylation sites is 4. The molecule has 13 rings (SSSR count). The lowest BCUT2D eigenvalue weighted by Gasteiger charge is -2.28. The fourth-order valence-electron chi connectivity index (χ4n) is 9.83. The smallest absolute Gasteiger partial charge is 0.145 e. The summed E-state index contributed by atoms with van der Waals surface area (Å²) >= 11 is 0. The Hall–Kier alpha value is -8.34. The number of nitrogens with zero attached hydrogens (tertiary/aromatic N) is 2. The summed E-state index contributed by atoms with van der Waals surface area (Å²) in [7, 11) is 0. The van der Waals surface area contributed by atoms with E-state index in [1.165, 1.54) is 32.7 Å². The van der Waals surface area contributed by atoms with E-state index in [2.05, 4.69) is 210 Å². The van der Waals surface area contributed by atoms with E-state index in [0.29, 0.717) is 0 Å². The fraction of sp³-hybridized carbons (Fsp3) is 0. The van der Waals surface area contributed by atoms with Crippen molar-refractivity contribution in [2.24, 2.45) is 0 Å². The number of hydrogen-bond acceptors (Lipinski definition) is 3. The third-order valence-electron chi connectivity index (χ3n) is 12.6. The molecule has 0 saturated heterocycles. The minimum atomic E-state index is 0.829. The molecule has 0 unspecified atom stereocenters. The summed E-state index contributed by atoms with van der Waals surface area (Å²) in [4.78, 5) is 2.44. The van der Waals surface area contributed by atoms with Gasteiger partial charge in [0.15, 0.2) is 0 Å². The molecule has 0 atom stereocenters. The van der Waals surface area contributed by atoms with Crippen molar-refractivity contribution in [3.05, 3.63) is 218 Å². The van der Waals surface area contributed by atoms with Crippen LogP contribution in [0.3, 0.4) is 0 Å². The highest BCUT2D eigenvalue weighted by Crippen LogP contribution is 2.50. The van der Waals surface area contributed by atoms with Crippen LogP contribution in [0.25, 0.3) is 104 Å². The molecular formula is C58H36N2O2. The van der Waals surface area contributed by atoms with E-state index in [-0.39, 0.29) is 0 Å². The second kappa shape index (κ2) is 13.6. The molecular weight excluding hydrogens is 757 g/mol. The molecule has 13 aromatic rings. The minimum Gasteiger partial charge on any atom is -0.456 e. The average Bonchev–Trinajstić information content (AvgIpc) is 4.02. The van der Waals surface area contributed by atoms with Crippen LogP contribution in [0, 0.1) is 0 Å². The molecule has 0 saturated carbocycles. The monoisotopic (exact) mass is 792 g/mol. The van der Waals surface area contributed by atoms with Gasteiger partial charge in [-0.2, -0.15) is 0 Å². The van der Waals surface area contributed by atoms with E-state index >= 15 is 0 Å². The minimum absolute atomic E-state index is 0.829. The Morgan fingerprint density at radius 2 is 0.984 bits per heavy atom. The van der Waals surface area contributed by atoms with Gasteiger partial charge in [0.1, 0.15) is 22.3 Å². The zero-order valence-electron chi connectivity index (χ0n) is 33.5. The first-order valence-electron chi connectivity index (χ1n) is 21.1. The molecule has 0 aliphatic carbocycles. The van der Waals surface area contributed by atoms with Crippen LogP contribution in [-0.4, -0.2) is 4.57 Å². The maximum atomic E-state index is 6.95. The number of anilines is 3. The van der Waals surface area contributed by atoms with Crippen molar-refractivity contribution in [3.63, 3.8) is 0 Å². The molecule has 10 aromatic carbocycles. The van der Waals surface area contributed by atoms with Gasteiger partial charge in [0.25, 0.3) is 0 Å². The number of hydrogen-bond donors (Lipinski definition) is 0. The molecule has 0 aliphatic heterocycles. The highest BCUT2D eigenvalue weighted by atomic mass is 16.3. The van der Waals surface area contributed by atoms with Gasteiger partial charge >= 0.3 is 0 Å². The third-order valence-corrected chi connectivity index (χ3v) is 12.6. The van der Waals surface area contributed by atoms with E-state index < -0.39 is 0 Å². The van der Waals surface area contributed by atoms with Gasteiger partial charge in [-0.3, -0.25) is 0 Å². The summed E-state index contributed by atoms with van der Waals surface area (Å²) in [5.41, 5.74) is 14.4. The average molecular weight is 793 g/mol. The van der Waals surface area contributed by atoms with Crippen molar-refractivity contribution in [1.82, 2.24) is 4.57 Å². The second-order valence-corrected chi connectivity index (χ2v) is 16.0. The van der Waals surface area contributed by atoms with Crippen LogP contribution >= 0.6 is 0 Å². The van der Waals surface area contributed by atoms with E-state index in [9.17, 15) is 0 Å². The number of fused-ring (bicyclic) bond motifs is 10. The number of aromatic nitrogens is 1. The molecule has 0 bridgehead atoms. The summed E-state index contributed by atoms with van der Waals surface area (Å²) in [6.07, 6.45) is 0. The number of rotatable bonds is 6. The lowest BCUT2D eigenvalue weighted by molar-refractivity contribution is 0.668. The Kier molecular flexibility index (Phi) is 7.57. The van der Waals surface area contributed by atoms with Crippen LogP contribution in [0.5, 0.6) is 0 Å². The molecule has 0 fully saturated rings. The Morgan fingerprint density at radius 1 is 0.355 bits per heavy atom. The van der Waals surface area contributed by atoms with Crippen LogP contribution in [-0.2, 0) is 0 Å². The molecule has 290 valence electrons. The quantitative estimate of drug-likeness (QED) is 0.168. The van der Waals surface area contributed by atoms with Gasteiger partial charge in [-0.1, -0.05) is 140 Å². The van der Waals surface area contributed by atoms with E-state index in [1.54, 1.807) is 0 Å². The summed E-state index contributed by atoms with van der Waals surface area (Å²) in [6, 6.07) is 78.0. The zero-order valence-corrected chi connectivity index (χ0v) is 33.5. The lowest BCUT2D eigenvalue weighted by atomic mass is 9.97. The van der Waals surface area contributed by atoms with Gasteiger partial charge in [-0.25, -0.2) is 0 Å². The Bertz CT molecular complexity index is 3870. The standard InChI is InChI=1S/C58H36N2O2/c1-2-16-40(17-3-1)59-49-23-9-6-20-47(49)56-50(59)24-13-25-51(56)60(41-31-28-38(29-32-41)43-22-12-15-37-14-4-5-18-42(37)43)52-35-34-44(58-57(52)48-21-8-11-27-54(48)62-58)39-30-33-46-45-19-7-10-26-53(45)61-55(46)36-39/h1-36H. The predicted molar refractivity (Wildman–Crippen MR) is 258 cm³/mol. The van der Waals surface area contributed by atoms with Crippen LogP contribution in [0.2, 0.25) is 0 Å². The fourth-order valence-corrected chi connectivity index (χ4v) is 9.83. The Labute approximate surface area is 356 Å². The molecule has 3 heterocycles. The lowest BCUT2D eigenvalue weighted by Crippen LogP contribution is -2.11. The molecule has 0 spiro atoms. The van der Waals surface area contributed by atoms with Gasteiger partial charge < -0.3 is 18.3 Å². The van der Waals surface area contributed by atoms with E-state index in [1.807, 2.05) is 18.2 Å². The summed E-state index contributed by atoms with van der Waals surface area (Å²) in [5.74, 6) is 0. The first kappa shape index (κ1) is 34.5. The van der Waals surface area contributed by atoms with Crippen LogP contribution in [0.4, 0.5) is 17.1 Å². The van der Waals surface area contributed by atoms with Gasteiger partial charge in [-0.05, 0) is 106 Å². The molecule has 62 heavy (non-hydrogen) atoms. The van der Waals surface area contributed by atoms with Crippen molar-refractivity contribution in [3.8, 4) is 27.9 Å². The molecule has 4 heteroatoms. The van der Waals surface area contributed by atoms with Crippen LogP contribution in [0.15, 0.2) is 227 Å². The molecule has 3 aromatic heterocycles. The van der Waals surface area contributed by atoms with Gasteiger partial charge in [-0.15, -0.1) is 0 Å². The van der Waals surface area contributed by atoms with Gasteiger partial charge in [0, 0.05) is 43.9 Å². The summed E-state index contributed by atoms with van der Waals surface area (Å²) in [6.45, 7) is 0. The SMILES string of the molecule is c1ccc(-n2c3ccccc3c3c(N(c4ccc(-c5cccc6ccccc56)cc4)c4ccc(-c5ccc6c(c5)oc5ccccc56)c5oc6ccccc6c45)cccc32)cc1. The van der Waals surface area contributed by atoms with Crippen LogP contribution in [0.1, 0.15) is 0 Å². The topological polar surface area (TPSA) is 34.5 Å². The third kappa shape index (κ3) is 5.20. The summed E-state index contributed by atoms with van der Waals surface area (Å²) in [5, 5.41) is 9.14. The number of furan rings is 2. The molecule has 0 aliphatic rings. The van der Waals surface area contributed by atoms with Crippen molar-refractivity contribution in [1.29, 1.82) is 0 Å². The Morgan fingerprint density at radius 3 is 1.84 bits per heavy atom. The highest BCUT2D eigenvalue weighted by Gasteiger charge is 2.26. The van der Waals surface area contributed by atoms with Crippen molar-refractivity contribution in [2.75, 3.05) is 4.90 Å². The molecule has 4 nitrogen and oxygen atoms in total. The molecule has 0 amide bonds. The first-order chi connectivity index (χ1) is 30.8. The normalized spacial score (nSPS) is 11.9. The second-order valence-electron chi connectivity index (χ2n) is 16.0. The van der Waals surface area contributed by atoms with E-state index in [4.69, 9.17) is 8.83 Å². The van der Waals surface area contributed by atoms with Crippen molar-refractivity contribution in [2.45, 2.75) is 0 Å². The number of benzene rings is 10. The maximum Gasteiger partial charge on any atom is 0.145 e.